The molecule has 0 aliphatic carbocycles. The molecule has 1 fully saturated rings. The molecule has 0 saturated carbocycles. The molecule has 0 spiro atoms. The molecule has 2 N–H and O–H groups in total. The molecule has 1 atom stereocenters. The number of hydrogen-bond acceptors (Lipinski definition) is 4. The van der Waals surface area contributed by atoms with E-state index in [1.807, 2.05) is 13.8 Å². The number of hydrogen-bond donors (Lipinski definition) is 2. The van der Waals surface area contributed by atoms with Gasteiger partial charge in [0, 0.05) is 31.7 Å². The van der Waals surface area contributed by atoms with Crippen LogP contribution in [-0.4, -0.2) is 57.3 Å². The highest BCUT2D eigenvalue weighted by Crippen LogP contribution is 2.17. The molecule has 1 aliphatic rings. The van der Waals surface area contributed by atoms with Crippen LogP contribution in [0.4, 0.5) is 0 Å². The molecule has 0 aromatic heterocycles. The SMILES string of the molecule is CC(C)NCCS(=O)(=O)NCC1CCN(C(C)C)C1. The minimum Gasteiger partial charge on any atom is -0.313 e. The fraction of sp³-hybridized carbons (Fsp3) is 1.00. The van der Waals surface area contributed by atoms with Gasteiger partial charge in [-0.2, -0.15) is 0 Å². The first-order valence-corrected chi connectivity index (χ1v) is 8.90. The zero-order valence-corrected chi connectivity index (χ0v) is 13.5. The van der Waals surface area contributed by atoms with E-state index in [2.05, 4.69) is 28.8 Å². The quantitative estimate of drug-likeness (QED) is 0.689. The van der Waals surface area contributed by atoms with Gasteiger partial charge >= 0.3 is 0 Å². The van der Waals surface area contributed by atoms with Crippen LogP contribution in [0.25, 0.3) is 0 Å². The Labute approximate surface area is 118 Å². The smallest absolute Gasteiger partial charge is 0.212 e. The molecule has 0 aromatic carbocycles. The summed E-state index contributed by atoms with van der Waals surface area (Å²) in [7, 11) is -3.13. The van der Waals surface area contributed by atoms with Gasteiger partial charge in [-0.15, -0.1) is 0 Å². The summed E-state index contributed by atoms with van der Waals surface area (Å²) in [6.45, 7) is 11.6. The van der Waals surface area contributed by atoms with Crippen molar-refractivity contribution in [2.24, 2.45) is 5.92 Å². The van der Waals surface area contributed by atoms with E-state index >= 15 is 0 Å². The summed E-state index contributed by atoms with van der Waals surface area (Å²) in [6.07, 6.45) is 1.09. The number of nitrogens with one attached hydrogen (secondary N) is 2. The molecular formula is C13H29N3O2S. The first-order chi connectivity index (χ1) is 8.80. The Morgan fingerprint density at radius 3 is 2.47 bits per heavy atom. The van der Waals surface area contributed by atoms with E-state index in [0.717, 1.165) is 19.5 Å². The van der Waals surface area contributed by atoms with Crippen LogP contribution in [-0.2, 0) is 10.0 Å². The first-order valence-electron chi connectivity index (χ1n) is 7.25. The maximum atomic E-state index is 11.8. The molecular weight excluding hydrogens is 262 g/mol. The molecule has 0 radical (unpaired) electrons. The molecule has 0 aromatic rings. The largest absolute Gasteiger partial charge is 0.313 e. The number of sulfonamides is 1. The summed E-state index contributed by atoms with van der Waals surface area (Å²) in [5.74, 6) is 0.612. The van der Waals surface area contributed by atoms with Crippen molar-refractivity contribution in [2.75, 3.05) is 31.9 Å². The molecule has 1 rings (SSSR count). The zero-order valence-electron chi connectivity index (χ0n) is 12.6. The summed E-state index contributed by atoms with van der Waals surface area (Å²) in [5.41, 5.74) is 0. The first kappa shape index (κ1) is 16.9. The summed E-state index contributed by atoms with van der Waals surface area (Å²) < 4.78 is 26.4. The average Bonchev–Trinajstić information content (AvgIpc) is 2.74. The third-order valence-electron chi connectivity index (χ3n) is 3.56. The molecule has 0 amide bonds. The van der Waals surface area contributed by atoms with Crippen LogP contribution in [0.3, 0.4) is 0 Å². The Bertz CT molecular complexity index is 355. The predicted molar refractivity (Wildman–Crippen MR) is 79.7 cm³/mol. The van der Waals surface area contributed by atoms with E-state index in [-0.39, 0.29) is 5.75 Å². The van der Waals surface area contributed by atoms with Gasteiger partial charge in [0.15, 0.2) is 0 Å². The molecule has 1 unspecified atom stereocenters. The van der Waals surface area contributed by atoms with E-state index in [0.29, 0.717) is 31.1 Å². The van der Waals surface area contributed by atoms with Crippen molar-refractivity contribution < 1.29 is 8.42 Å². The summed E-state index contributed by atoms with van der Waals surface area (Å²) in [6, 6.07) is 0.876. The summed E-state index contributed by atoms with van der Waals surface area (Å²) >= 11 is 0. The Hall–Kier alpha value is -0.170. The van der Waals surface area contributed by atoms with E-state index in [4.69, 9.17) is 0 Å². The molecule has 19 heavy (non-hydrogen) atoms. The van der Waals surface area contributed by atoms with Crippen molar-refractivity contribution >= 4 is 10.0 Å². The van der Waals surface area contributed by atoms with Crippen LogP contribution in [0.5, 0.6) is 0 Å². The number of likely N-dealkylation sites (tertiary alicyclic amines) is 1. The van der Waals surface area contributed by atoms with Crippen molar-refractivity contribution in [1.29, 1.82) is 0 Å². The van der Waals surface area contributed by atoms with Gasteiger partial charge in [0.1, 0.15) is 0 Å². The predicted octanol–water partition coefficient (Wildman–Crippen LogP) is 0.634. The standard InChI is InChI=1S/C13H29N3O2S/c1-11(2)14-6-8-19(17,18)15-9-13-5-7-16(10-13)12(3)4/h11-15H,5-10H2,1-4H3. The van der Waals surface area contributed by atoms with E-state index < -0.39 is 10.0 Å². The lowest BCUT2D eigenvalue weighted by molar-refractivity contribution is 0.265. The Morgan fingerprint density at radius 1 is 1.26 bits per heavy atom. The lowest BCUT2D eigenvalue weighted by Gasteiger charge is -2.20. The molecule has 6 heteroatoms. The molecule has 114 valence electrons. The summed E-state index contributed by atoms with van der Waals surface area (Å²) in [5, 5.41) is 3.12. The average molecular weight is 291 g/mol. The summed E-state index contributed by atoms with van der Waals surface area (Å²) in [4.78, 5) is 2.40. The van der Waals surface area contributed by atoms with Crippen LogP contribution >= 0.6 is 0 Å². The second-order valence-corrected chi connectivity index (χ2v) is 7.95. The van der Waals surface area contributed by atoms with Crippen LogP contribution < -0.4 is 10.0 Å². The van der Waals surface area contributed by atoms with E-state index in [9.17, 15) is 8.42 Å². The third-order valence-corrected chi connectivity index (χ3v) is 4.91. The highest BCUT2D eigenvalue weighted by Gasteiger charge is 2.25. The lowest BCUT2D eigenvalue weighted by Crippen LogP contribution is -2.37. The normalized spacial score (nSPS) is 21.7. The Balaban J connectivity index is 2.24. The van der Waals surface area contributed by atoms with Gasteiger partial charge < -0.3 is 10.2 Å². The topological polar surface area (TPSA) is 61.4 Å². The fourth-order valence-corrected chi connectivity index (χ4v) is 3.32. The van der Waals surface area contributed by atoms with Crippen LogP contribution in [0.2, 0.25) is 0 Å². The van der Waals surface area contributed by atoms with Crippen molar-refractivity contribution in [1.82, 2.24) is 14.9 Å². The minimum absolute atomic E-state index is 0.159. The molecule has 5 nitrogen and oxygen atoms in total. The number of nitrogens with zero attached hydrogens (tertiary/aromatic N) is 1. The van der Waals surface area contributed by atoms with E-state index in [1.54, 1.807) is 0 Å². The second kappa shape index (κ2) is 7.57. The van der Waals surface area contributed by atoms with Crippen molar-refractivity contribution in [3.05, 3.63) is 0 Å². The lowest BCUT2D eigenvalue weighted by atomic mass is 10.1. The number of rotatable bonds is 8. The van der Waals surface area contributed by atoms with Crippen LogP contribution in [0.1, 0.15) is 34.1 Å². The minimum atomic E-state index is -3.13. The van der Waals surface area contributed by atoms with Gasteiger partial charge in [-0.05, 0) is 32.7 Å². The third kappa shape index (κ3) is 6.70. The zero-order chi connectivity index (χ0) is 14.5. The highest BCUT2D eigenvalue weighted by atomic mass is 32.2. The Kier molecular flexibility index (Phi) is 6.73. The van der Waals surface area contributed by atoms with Crippen molar-refractivity contribution in [3.63, 3.8) is 0 Å². The van der Waals surface area contributed by atoms with Gasteiger partial charge in [-0.1, -0.05) is 13.8 Å². The van der Waals surface area contributed by atoms with E-state index in [1.165, 1.54) is 0 Å². The van der Waals surface area contributed by atoms with Gasteiger partial charge in [0.05, 0.1) is 5.75 Å². The molecule has 1 saturated heterocycles. The van der Waals surface area contributed by atoms with Crippen molar-refractivity contribution in [3.8, 4) is 0 Å². The maximum absolute atomic E-state index is 11.8. The maximum Gasteiger partial charge on any atom is 0.212 e. The van der Waals surface area contributed by atoms with Crippen molar-refractivity contribution in [2.45, 2.75) is 46.2 Å². The van der Waals surface area contributed by atoms with Gasteiger partial charge in [0.2, 0.25) is 10.0 Å². The van der Waals surface area contributed by atoms with Gasteiger partial charge in [-0.3, -0.25) is 0 Å². The van der Waals surface area contributed by atoms with Gasteiger partial charge in [0.25, 0.3) is 0 Å². The molecule has 1 aliphatic heterocycles. The molecule has 0 bridgehead atoms. The highest BCUT2D eigenvalue weighted by molar-refractivity contribution is 7.89. The monoisotopic (exact) mass is 291 g/mol. The second-order valence-electron chi connectivity index (χ2n) is 6.02. The van der Waals surface area contributed by atoms with Crippen LogP contribution in [0.15, 0.2) is 0 Å². The molecule has 1 heterocycles. The Morgan fingerprint density at radius 2 is 1.95 bits per heavy atom. The van der Waals surface area contributed by atoms with Crippen LogP contribution in [0, 0.1) is 5.92 Å². The van der Waals surface area contributed by atoms with Gasteiger partial charge in [-0.25, -0.2) is 13.1 Å². The fourth-order valence-electron chi connectivity index (χ4n) is 2.30.